The van der Waals surface area contributed by atoms with E-state index in [1.807, 2.05) is 16.8 Å². The lowest BCUT2D eigenvalue weighted by Gasteiger charge is -2.38. The summed E-state index contributed by atoms with van der Waals surface area (Å²) in [5.41, 5.74) is -0.145. The number of carbonyl (C=O) groups excluding carboxylic acids is 1. The van der Waals surface area contributed by atoms with Crippen LogP contribution in [-0.2, 0) is 6.18 Å². The van der Waals surface area contributed by atoms with E-state index in [4.69, 9.17) is 11.6 Å². The van der Waals surface area contributed by atoms with Crippen LogP contribution in [0.2, 0.25) is 5.02 Å². The molecule has 2 saturated heterocycles. The quantitative estimate of drug-likeness (QED) is 0.638. The second kappa shape index (κ2) is 8.28. The van der Waals surface area contributed by atoms with Crippen molar-refractivity contribution in [2.45, 2.75) is 56.4 Å². The average molecular weight is 443 g/mol. The number of alkyl halides is 3. The van der Waals surface area contributed by atoms with Gasteiger partial charge >= 0.3 is 6.18 Å². The van der Waals surface area contributed by atoms with Crippen LogP contribution in [0.25, 0.3) is 0 Å². The van der Waals surface area contributed by atoms with Crippen LogP contribution in [0.1, 0.15) is 59.6 Å². The molecule has 156 valence electrons. The Bertz CT molecular complexity index is 871. The van der Waals surface area contributed by atoms with Crippen LogP contribution in [0.15, 0.2) is 35.0 Å². The zero-order chi connectivity index (χ0) is 20.6. The van der Waals surface area contributed by atoms with Crippen LogP contribution < -0.4 is 5.32 Å². The van der Waals surface area contributed by atoms with Gasteiger partial charge in [0.15, 0.2) is 0 Å². The van der Waals surface area contributed by atoms with Gasteiger partial charge in [-0.3, -0.25) is 9.69 Å². The summed E-state index contributed by atoms with van der Waals surface area (Å²) < 4.78 is 39.6. The van der Waals surface area contributed by atoms with Crippen molar-refractivity contribution in [2.75, 3.05) is 6.54 Å². The summed E-state index contributed by atoms with van der Waals surface area (Å²) in [7, 11) is 0. The van der Waals surface area contributed by atoms with Crippen LogP contribution >= 0.6 is 22.9 Å². The number of nitrogens with zero attached hydrogens (tertiary/aromatic N) is 1. The Morgan fingerprint density at radius 1 is 1.21 bits per heavy atom. The molecule has 0 radical (unpaired) electrons. The molecule has 1 amide bonds. The molecular formula is C21H22ClF3N2OS. The normalized spacial score (nSPS) is 23.6. The zero-order valence-electron chi connectivity index (χ0n) is 15.7. The predicted octanol–water partition coefficient (Wildman–Crippen LogP) is 5.91. The first-order valence-electron chi connectivity index (χ1n) is 9.80. The van der Waals surface area contributed by atoms with Crippen molar-refractivity contribution in [1.29, 1.82) is 0 Å². The smallest absolute Gasteiger partial charge is 0.344 e. The van der Waals surface area contributed by atoms with Gasteiger partial charge in [-0.15, -0.1) is 0 Å². The molecule has 0 aliphatic carbocycles. The van der Waals surface area contributed by atoms with Gasteiger partial charge in [-0.1, -0.05) is 24.1 Å². The maximum Gasteiger partial charge on any atom is 0.417 e. The number of nitrogens with one attached hydrogen (secondary N) is 1. The number of benzene rings is 1. The van der Waals surface area contributed by atoms with E-state index in [2.05, 4.69) is 10.2 Å². The molecule has 2 fully saturated rings. The summed E-state index contributed by atoms with van der Waals surface area (Å²) in [4.78, 5) is 15.5. The molecule has 4 rings (SSSR count). The second-order valence-corrected chi connectivity index (χ2v) is 8.86. The number of carbonyl (C=O) groups is 1. The van der Waals surface area contributed by atoms with Gasteiger partial charge in [0, 0.05) is 12.1 Å². The van der Waals surface area contributed by atoms with Crippen molar-refractivity contribution in [2.24, 2.45) is 0 Å². The molecule has 0 spiro atoms. The lowest BCUT2D eigenvalue weighted by Crippen LogP contribution is -2.47. The van der Waals surface area contributed by atoms with E-state index in [9.17, 15) is 18.0 Å². The summed E-state index contributed by atoms with van der Waals surface area (Å²) >= 11 is 7.52. The van der Waals surface area contributed by atoms with Crippen LogP contribution in [0.3, 0.4) is 0 Å². The van der Waals surface area contributed by atoms with Gasteiger partial charge in [0.1, 0.15) is 0 Å². The first-order chi connectivity index (χ1) is 13.9. The van der Waals surface area contributed by atoms with Gasteiger partial charge in [0.05, 0.1) is 22.2 Å². The summed E-state index contributed by atoms with van der Waals surface area (Å²) in [5.74, 6) is -0.572. The van der Waals surface area contributed by atoms with E-state index in [-0.39, 0.29) is 17.6 Å². The Hall–Kier alpha value is -1.57. The minimum Gasteiger partial charge on any atom is -0.344 e. The number of thiophene rings is 1. The predicted molar refractivity (Wildman–Crippen MR) is 108 cm³/mol. The van der Waals surface area contributed by atoms with Crippen molar-refractivity contribution in [1.82, 2.24) is 10.2 Å². The molecule has 1 unspecified atom stereocenters. The molecule has 2 aromatic rings. The maximum absolute atomic E-state index is 13.2. The third-order valence-electron chi connectivity index (χ3n) is 6.02. The van der Waals surface area contributed by atoms with Gasteiger partial charge in [-0.05, 0) is 66.8 Å². The molecule has 3 nitrogen and oxygen atoms in total. The largest absolute Gasteiger partial charge is 0.417 e. The molecule has 29 heavy (non-hydrogen) atoms. The fourth-order valence-electron chi connectivity index (χ4n) is 4.66. The second-order valence-electron chi connectivity index (χ2n) is 7.70. The van der Waals surface area contributed by atoms with Gasteiger partial charge < -0.3 is 5.32 Å². The molecule has 0 bridgehead atoms. The lowest BCUT2D eigenvalue weighted by atomic mass is 9.98. The first-order valence-corrected chi connectivity index (χ1v) is 11.1. The Balaban J connectivity index is 1.62. The van der Waals surface area contributed by atoms with Gasteiger partial charge in [0.25, 0.3) is 5.91 Å². The minimum atomic E-state index is -4.60. The highest BCUT2D eigenvalue weighted by Gasteiger charge is 2.41. The fraction of sp³-hybridized carbons (Fsp3) is 0.476. The Labute approximate surface area is 176 Å². The first kappa shape index (κ1) is 20.7. The monoisotopic (exact) mass is 442 g/mol. The molecule has 8 heteroatoms. The lowest BCUT2D eigenvalue weighted by molar-refractivity contribution is -0.137. The average Bonchev–Trinajstić information content (AvgIpc) is 3.35. The van der Waals surface area contributed by atoms with Gasteiger partial charge in [0.2, 0.25) is 0 Å². The number of fused-ring (bicyclic) bond motifs is 1. The highest BCUT2D eigenvalue weighted by molar-refractivity contribution is 7.08. The summed E-state index contributed by atoms with van der Waals surface area (Å²) in [6.07, 6.45) is 0.972. The topological polar surface area (TPSA) is 32.3 Å². The number of amides is 1. The number of hydrogen-bond donors (Lipinski definition) is 1. The summed E-state index contributed by atoms with van der Waals surface area (Å²) in [6, 6.07) is 5.83. The highest BCUT2D eigenvalue weighted by Crippen LogP contribution is 2.39. The van der Waals surface area contributed by atoms with E-state index < -0.39 is 22.7 Å². The molecule has 0 saturated carbocycles. The third-order valence-corrected chi connectivity index (χ3v) is 7.13. The molecule has 3 atom stereocenters. The van der Waals surface area contributed by atoms with Crippen molar-refractivity contribution in [3.8, 4) is 0 Å². The highest BCUT2D eigenvalue weighted by atomic mass is 35.5. The SMILES string of the molecule is O=C(NC(c1ccsc1)[C@@H]1CC[C@H]2CCCCN21)c1cccc(C(F)(F)F)c1Cl. The molecule has 2 aliphatic rings. The van der Waals surface area contributed by atoms with Crippen molar-refractivity contribution in [3.05, 3.63) is 56.7 Å². The van der Waals surface area contributed by atoms with E-state index in [0.717, 1.165) is 37.4 Å². The van der Waals surface area contributed by atoms with E-state index >= 15 is 0 Å². The molecule has 1 aromatic heterocycles. The zero-order valence-corrected chi connectivity index (χ0v) is 17.3. The Morgan fingerprint density at radius 3 is 2.76 bits per heavy atom. The van der Waals surface area contributed by atoms with E-state index in [0.29, 0.717) is 6.04 Å². The molecular weight excluding hydrogens is 421 g/mol. The van der Waals surface area contributed by atoms with Crippen LogP contribution in [0.4, 0.5) is 13.2 Å². The van der Waals surface area contributed by atoms with E-state index in [1.165, 1.54) is 25.0 Å². The molecule has 1 N–H and O–H groups in total. The number of hydrogen-bond acceptors (Lipinski definition) is 3. The number of piperidine rings is 1. The Morgan fingerprint density at radius 2 is 2.03 bits per heavy atom. The van der Waals surface area contributed by atoms with Crippen molar-refractivity contribution >= 4 is 28.8 Å². The fourth-order valence-corrected chi connectivity index (χ4v) is 5.67. The Kier molecular flexibility index (Phi) is 5.91. The van der Waals surface area contributed by atoms with Crippen molar-refractivity contribution in [3.63, 3.8) is 0 Å². The molecule has 2 aliphatic heterocycles. The standard InChI is InChI=1S/C21H22ClF3N2OS/c22-18-15(5-3-6-16(18)21(23,24)25)20(28)26-19(13-9-11-29-12-13)17-8-7-14-4-1-2-10-27(14)17/h3,5-6,9,11-12,14,17,19H,1-2,4,7-8,10H2,(H,26,28)/t14-,17+,19?/m1/s1. The number of rotatable bonds is 4. The maximum atomic E-state index is 13.2. The van der Waals surface area contributed by atoms with Gasteiger partial charge in [-0.25, -0.2) is 0 Å². The van der Waals surface area contributed by atoms with Gasteiger partial charge in [-0.2, -0.15) is 24.5 Å². The van der Waals surface area contributed by atoms with Crippen LogP contribution in [0.5, 0.6) is 0 Å². The third kappa shape index (κ3) is 4.18. The van der Waals surface area contributed by atoms with Crippen LogP contribution in [-0.4, -0.2) is 29.4 Å². The van der Waals surface area contributed by atoms with Crippen molar-refractivity contribution < 1.29 is 18.0 Å². The minimum absolute atomic E-state index is 0.142. The molecule has 3 heterocycles. The van der Waals surface area contributed by atoms with E-state index in [1.54, 1.807) is 11.3 Å². The summed E-state index contributed by atoms with van der Waals surface area (Å²) in [5, 5.41) is 6.40. The molecule has 1 aromatic carbocycles. The number of halogens is 4. The van der Waals surface area contributed by atoms with Crippen LogP contribution in [0, 0.1) is 0 Å². The summed E-state index contributed by atoms with van der Waals surface area (Å²) in [6.45, 7) is 0.996.